The topological polar surface area (TPSA) is 84.5 Å². The first-order valence-electron chi connectivity index (χ1n) is 8.71. The van der Waals surface area contributed by atoms with Crippen LogP contribution in [-0.2, 0) is 11.2 Å². The van der Waals surface area contributed by atoms with Crippen LogP contribution in [0.4, 0.5) is 4.39 Å². The van der Waals surface area contributed by atoms with Gasteiger partial charge in [-0.2, -0.15) is 4.39 Å². The largest absolute Gasteiger partial charge is 0.497 e. The van der Waals surface area contributed by atoms with Crippen LogP contribution in [0.1, 0.15) is 36.0 Å². The molecule has 1 amide bonds. The van der Waals surface area contributed by atoms with Crippen molar-refractivity contribution in [1.82, 2.24) is 14.9 Å². The van der Waals surface area contributed by atoms with Crippen molar-refractivity contribution in [2.75, 3.05) is 20.8 Å². The van der Waals surface area contributed by atoms with Crippen LogP contribution in [0.2, 0.25) is 0 Å². The highest BCUT2D eigenvalue weighted by molar-refractivity contribution is 5.80. The van der Waals surface area contributed by atoms with Crippen LogP contribution in [0.5, 0.6) is 11.5 Å². The molecule has 1 fully saturated rings. The van der Waals surface area contributed by atoms with E-state index in [1.807, 2.05) is 0 Å². The average Bonchev–Trinajstić information content (AvgIpc) is 3.15. The van der Waals surface area contributed by atoms with Crippen molar-refractivity contribution in [2.24, 2.45) is 0 Å². The number of aromatic nitrogens is 2. The Morgan fingerprint density at radius 2 is 2.15 bits per heavy atom. The van der Waals surface area contributed by atoms with E-state index in [1.165, 1.54) is 6.92 Å². The third-order valence-corrected chi connectivity index (χ3v) is 4.76. The van der Waals surface area contributed by atoms with Gasteiger partial charge in [-0.25, -0.2) is 4.98 Å². The molecule has 2 heterocycles. The molecule has 0 aliphatic carbocycles. The van der Waals surface area contributed by atoms with Gasteiger partial charge in [0.15, 0.2) is 0 Å². The van der Waals surface area contributed by atoms with Gasteiger partial charge in [-0.3, -0.25) is 9.59 Å². The first-order chi connectivity index (χ1) is 12.9. The van der Waals surface area contributed by atoms with Crippen LogP contribution in [0, 0.1) is 12.7 Å². The van der Waals surface area contributed by atoms with Crippen LogP contribution in [0.15, 0.2) is 23.0 Å². The van der Waals surface area contributed by atoms with Crippen molar-refractivity contribution >= 4 is 5.91 Å². The molecule has 0 unspecified atom stereocenters. The van der Waals surface area contributed by atoms with Gasteiger partial charge in [0.2, 0.25) is 11.7 Å². The second-order valence-electron chi connectivity index (χ2n) is 6.45. The standard InChI is InChI=1S/C19H22FN3O4/c1-11-17(20)19(25)22-18(21-11)14-5-4-8-23(14)16(24)10-12-9-13(26-2)6-7-15(12)27-3/h6-7,9,14H,4-5,8,10H2,1-3H3,(H,21,22,25)/t14-/m0/s1. The van der Waals surface area contributed by atoms with Gasteiger partial charge in [-0.1, -0.05) is 0 Å². The van der Waals surface area contributed by atoms with E-state index in [9.17, 15) is 14.0 Å². The number of rotatable bonds is 5. The van der Waals surface area contributed by atoms with Gasteiger partial charge in [0.25, 0.3) is 5.56 Å². The van der Waals surface area contributed by atoms with Crippen molar-refractivity contribution < 1.29 is 18.7 Å². The van der Waals surface area contributed by atoms with E-state index in [4.69, 9.17) is 9.47 Å². The fourth-order valence-corrected chi connectivity index (χ4v) is 3.39. The van der Waals surface area contributed by atoms with E-state index in [-0.39, 0.29) is 24.1 Å². The quantitative estimate of drug-likeness (QED) is 0.866. The summed E-state index contributed by atoms with van der Waals surface area (Å²) in [5.74, 6) is 0.549. The molecule has 1 aromatic heterocycles. The zero-order valence-electron chi connectivity index (χ0n) is 15.5. The molecule has 0 spiro atoms. The van der Waals surface area contributed by atoms with E-state index < -0.39 is 11.4 Å². The number of amides is 1. The third-order valence-electron chi connectivity index (χ3n) is 4.76. The SMILES string of the molecule is COc1ccc(OC)c(CC(=O)N2CCC[C@H]2c2nc(C)c(F)c(=O)[nH]2)c1. The van der Waals surface area contributed by atoms with E-state index in [0.717, 1.165) is 6.42 Å². The highest BCUT2D eigenvalue weighted by Gasteiger charge is 2.32. The van der Waals surface area contributed by atoms with E-state index >= 15 is 0 Å². The lowest BCUT2D eigenvalue weighted by molar-refractivity contribution is -0.131. The minimum Gasteiger partial charge on any atom is -0.497 e. The Hall–Kier alpha value is -2.90. The maximum atomic E-state index is 13.6. The normalized spacial score (nSPS) is 16.4. The molecule has 8 heteroatoms. The molecule has 1 aliphatic rings. The van der Waals surface area contributed by atoms with Crippen LogP contribution in [-0.4, -0.2) is 41.5 Å². The number of benzene rings is 1. The lowest BCUT2D eigenvalue weighted by atomic mass is 10.1. The van der Waals surface area contributed by atoms with E-state index in [2.05, 4.69) is 9.97 Å². The third kappa shape index (κ3) is 3.79. The van der Waals surface area contributed by atoms with E-state index in [1.54, 1.807) is 37.3 Å². The minimum absolute atomic E-state index is 0.0301. The summed E-state index contributed by atoms with van der Waals surface area (Å²) in [6, 6.07) is 4.91. The fourth-order valence-electron chi connectivity index (χ4n) is 3.39. The number of halogens is 1. The molecule has 27 heavy (non-hydrogen) atoms. The van der Waals surface area contributed by atoms with Gasteiger partial charge < -0.3 is 19.4 Å². The van der Waals surface area contributed by atoms with Crippen LogP contribution >= 0.6 is 0 Å². The van der Waals surface area contributed by atoms with Crippen molar-refractivity contribution in [3.63, 3.8) is 0 Å². The zero-order chi connectivity index (χ0) is 19.6. The Kier molecular flexibility index (Phi) is 5.43. The molecule has 3 rings (SSSR count). The number of hydrogen-bond donors (Lipinski definition) is 1. The molecule has 1 atom stereocenters. The number of carbonyl (C=O) groups is 1. The van der Waals surface area contributed by atoms with Gasteiger partial charge in [-0.05, 0) is 38.0 Å². The van der Waals surface area contributed by atoms with Gasteiger partial charge in [0.05, 0.1) is 32.4 Å². The molecular weight excluding hydrogens is 353 g/mol. The summed E-state index contributed by atoms with van der Waals surface area (Å²) < 4.78 is 24.1. The predicted molar refractivity (Wildman–Crippen MR) is 96.5 cm³/mol. The highest BCUT2D eigenvalue weighted by Crippen LogP contribution is 2.31. The van der Waals surface area contributed by atoms with Crippen molar-refractivity contribution in [1.29, 1.82) is 0 Å². The Balaban J connectivity index is 1.85. The summed E-state index contributed by atoms with van der Waals surface area (Å²) in [6.45, 7) is 1.99. The molecule has 0 radical (unpaired) electrons. The van der Waals surface area contributed by atoms with Crippen molar-refractivity contribution in [2.45, 2.75) is 32.2 Å². The van der Waals surface area contributed by atoms with Gasteiger partial charge in [-0.15, -0.1) is 0 Å². The summed E-state index contributed by atoms with van der Waals surface area (Å²) >= 11 is 0. The fraction of sp³-hybridized carbons (Fsp3) is 0.421. The number of carbonyl (C=O) groups excluding carboxylic acids is 1. The second-order valence-corrected chi connectivity index (χ2v) is 6.45. The van der Waals surface area contributed by atoms with Gasteiger partial charge in [0.1, 0.15) is 17.3 Å². The van der Waals surface area contributed by atoms with Crippen LogP contribution in [0.25, 0.3) is 0 Å². The molecule has 1 aliphatic heterocycles. The Bertz CT molecular complexity index is 912. The summed E-state index contributed by atoms with van der Waals surface area (Å²) in [6.07, 6.45) is 1.57. The van der Waals surface area contributed by atoms with E-state index in [0.29, 0.717) is 35.9 Å². The second kappa shape index (κ2) is 7.77. The zero-order valence-corrected chi connectivity index (χ0v) is 15.5. The number of likely N-dealkylation sites (tertiary alicyclic amines) is 1. The Morgan fingerprint density at radius 1 is 1.37 bits per heavy atom. The number of hydrogen-bond acceptors (Lipinski definition) is 5. The maximum Gasteiger partial charge on any atom is 0.287 e. The summed E-state index contributed by atoms with van der Waals surface area (Å²) in [4.78, 5) is 33.0. The predicted octanol–water partition coefficient (Wildman–Crippen LogP) is 2.14. The number of ether oxygens (including phenoxy) is 2. The van der Waals surface area contributed by atoms with Gasteiger partial charge >= 0.3 is 0 Å². The number of nitrogens with zero attached hydrogens (tertiary/aromatic N) is 2. The number of nitrogens with one attached hydrogen (secondary N) is 1. The monoisotopic (exact) mass is 375 g/mol. The lowest BCUT2D eigenvalue weighted by Crippen LogP contribution is -2.34. The molecule has 1 aromatic carbocycles. The first-order valence-corrected chi connectivity index (χ1v) is 8.71. The molecule has 0 bridgehead atoms. The van der Waals surface area contributed by atoms with Gasteiger partial charge in [0, 0.05) is 12.1 Å². The van der Waals surface area contributed by atoms with Crippen molar-refractivity contribution in [3.8, 4) is 11.5 Å². The Morgan fingerprint density at radius 3 is 2.81 bits per heavy atom. The van der Waals surface area contributed by atoms with Crippen molar-refractivity contribution in [3.05, 3.63) is 51.5 Å². The van der Waals surface area contributed by atoms with Crippen LogP contribution in [0.3, 0.4) is 0 Å². The lowest BCUT2D eigenvalue weighted by Gasteiger charge is -2.24. The minimum atomic E-state index is -0.893. The summed E-state index contributed by atoms with van der Waals surface area (Å²) in [5, 5.41) is 0. The average molecular weight is 375 g/mol. The summed E-state index contributed by atoms with van der Waals surface area (Å²) in [7, 11) is 3.10. The number of H-pyrrole nitrogens is 1. The molecule has 0 saturated carbocycles. The molecule has 144 valence electrons. The molecule has 2 aromatic rings. The number of aromatic amines is 1. The Labute approximate surface area is 156 Å². The van der Waals surface area contributed by atoms with Crippen LogP contribution < -0.4 is 15.0 Å². The molecule has 7 nitrogen and oxygen atoms in total. The molecule has 1 N–H and O–H groups in total. The number of methoxy groups -OCH3 is 2. The summed E-state index contributed by atoms with van der Waals surface area (Å²) in [5.41, 5.74) is -0.0713. The maximum absolute atomic E-state index is 13.6. The smallest absolute Gasteiger partial charge is 0.287 e. The molecular formula is C19H22FN3O4. The first kappa shape index (κ1) is 18.9. The number of aryl methyl sites for hydroxylation is 1. The highest BCUT2D eigenvalue weighted by atomic mass is 19.1. The molecule has 1 saturated heterocycles.